The highest BCUT2D eigenvalue weighted by Crippen LogP contribution is 2.71. The van der Waals surface area contributed by atoms with Crippen LogP contribution in [0.1, 0.15) is 86.0 Å². The summed E-state index contributed by atoms with van der Waals surface area (Å²) in [6.07, 6.45) is -6.63. The Kier molecular flexibility index (Phi) is 11.2. The Morgan fingerprint density at radius 2 is 1.74 bits per heavy atom. The Morgan fingerprint density at radius 3 is 2.42 bits per heavy atom. The predicted molar refractivity (Wildman–Crippen MR) is 197 cm³/mol. The van der Waals surface area contributed by atoms with Crippen molar-refractivity contribution < 1.29 is 75.5 Å². The van der Waals surface area contributed by atoms with Crippen LogP contribution in [-0.4, -0.2) is 132 Å². The van der Waals surface area contributed by atoms with Gasteiger partial charge in [0.05, 0.1) is 37.6 Å². The van der Waals surface area contributed by atoms with Crippen molar-refractivity contribution >= 4 is 16.4 Å². The van der Waals surface area contributed by atoms with E-state index in [0.29, 0.717) is 30.8 Å². The number of rotatable bonds is 7. The average Bonchev–Trinajstić information content (AvgIpc) is 3.58. The van der Waals surface area contributed by atoms with Crippen LogP contribution >= 0.6 is 0 Å². The van der Waals surface area contributed by atoms with Crippen molar-refractivity contribution in [3.05, 3.63) is 23.8 Å². The molecular weight excluding hydrogens is 768 g/mol. The fraction of sp³-hybridized carbons (Fsp3) is 0.875. The molecule has 0 bridgehead atoms. The van der Waals surface area contributed by atoms with Crippen LogP contribution in [0.25, 0.3) is 0 Å². The SMILES string of the molecule is C=C1CC[C@@]2(OC1)O[C@H]1C[C@H]3[C@@H]4CC=C5C[C@@H](O)C[C@@H](O[C@@H]6OC[C@H](OS(=O)(=O)O)[C@H](OC(C)=O)[C@H]6O[C@@H]6O[C@@H](C)[C@H](O)[C@@H](O)[C@H]6O)[C@]5(C)[C@H]4CC[C@]3(C)[C@H]1[C@@H]2C. The molecule has 1 spiro atoms. The maximum atomic E-state index is 12.5. The Balaban J connectivity index is 1.08. The highest BCUT2D eigenvalue weighted by molar-refractivity contribution is 7.80. The van der Waals surface area contributed by atoms with Crippen LogP contribution in [-0.2, 0) is 52.5 Å². The maximum Gasteiger partial charge on any atom is 0.397 e. The van der Waals surface area contributed by atoms with Crippen molar-refractivity contribution in [2.75, 3.05) is 13.2 Å². The van der Waals surface area contributed by atoms with Gasteiger partial charge in [0.25, 0.3) is 0 Å². The highest BCUT2D eigenvalue weighted by Gasteiger charge is 2.69. The molecule has 0 aromatic carbocycles. The molecule has 0 amide bonds. The summed E-state index contributed by atoms with van der Waals surface area (Å²) >= 11 is 0. The zero-order valence-electron chi connectivity index (χ0n) is 33.3. The Morgan fingerprint density at radius 1 is 0.982 bits per heavy atom. The topological polar surface area (TPSA) is 226 Å². The number of aliphatic hydroxyl groups excluding tert-OH is 4. The zero-order chi connectivity index (χ0) is 41.0. The summed E-state index contributed by atoms with van der Waals surface area (Å²) in [6, 6.07) is 0. The standard InChI is InChI=1S/C40H60O16S/c1-18-9-12-40(50-16-18)19(2)30-27(55-40)15-26-24-8-7-22-13-23(42)14-29(39(22,6)25(24)10-11-38(26,30)5)53-37-35(54-36-33(45)32(44)31(43)20(3)51-36)34(52-21(4)41)28(17-49-37)56-57(46,47)48/h7,19-20,23-37,42-45H,1,8-17H2,2-6H3,(H,46,47,48)/t19-,20-,23+,24+,25-,26-,27-,28-,29+,30-,31-,32+,33+,34-,35+,36-,37-,38-,39-,40+/m0/s1. The Hall–Kier alpha value is -1.58. The van der Waals surface area contributed by atoms with E-state index >= 15 is 0 Å². The number of allylic oxidation sites excluding steroid dienone is 1. The van der Waals surface area contributed by atoms with E-state index in [4.69, 9.17) is 37.3 Å². The van der Waals surface area contributed by atoms with Gasteiger partial charge in [-0.2, -0.15) is 8.42 Å². The second-order valence-corrected chi connectivity index (χ2v) is 19.6. The molecule has 16 nitrogen and oxygen atoms in total. The van der Waals surface area contributed by atoms with E-state index in [9.17, 15) is 38.2 Å². The minimum absolute atomic E-state index is 0.0274. The number of aliphatic hydroxyl groups is 4. The molecule has 20 atom stereocenters. The van der Waals surface area contributed by atoms with Gasteiger partial charge in [0.15, 0.2) is 30.6 Å². The van der Waals surface area contributed by atoms with Crippen LogP contribution in [0.4, 0.5) is 0 Å². The van der Waals surface area contributed by atoms with E-state index in [1.807, 2.05) is 0 Å². The molecular formula is C40H60O16S. The highest BCUT2D eigenvalue weighted by atomic mass is 32.3. The van der Waals surface area contributed by atoms with E-state index in [-0.39, 0.29) is 29.8 Å². The summed E-state index contributed by atoms with van der Waals surface area (Å²) in [7, 11) is -5.09. The minimum atomic E-state index is -5.09. The van der Waals surface area contributed by atoms with Gasteiger partial charge < -0.3 is 53.6 Å². The van der Waals surface area contributed by atoms with Gasteiger partial charge in [0.2, 0.25) is 0 Å². The van der Waals surface area contributed by atoms with Crippen molar-refractivity contribution in [2.45, 2.75) is 165 Å². The van der Waals surface area contributed by atoms with Crippen molar-refractivity contribution in [2.24, 2.45) is 40.4 Å². The monoisotopic (exact) mass is 828 g/mol. The fourth-order valence-electron chi connectivity index (χ4n) is 12.7. The van der Waals surface area contributed by atoms with Gasteiger partial charge in [-0.05, 0) is 74.5 Å². The molecule has 7 fully saturated rings. The first-order valence-corrected chi connectivity index (χ1v) is 21.9. The molecule has 4 aliphatic heterocycles. The number of ether oxygens (including phenoxy) is 7. The van der Waals surface area contributed by atoms with Crippen LogP contribution in [0.15, 0.2) is 23.8 Å². The number of esters is 1. The van der Waals surface area contributed by atoms with Crippen LogP contribution < -0.4 is 0 Å². The van der Waals surface area contributed by atoms with E-state index in [1.54, 1.807) is 0 Å². The summed E-state index contributed by atoms with van der Waals surface area (Å²) in [4.78, 5) is 12.5. The van der Waals surface area contributed by atoms with Crippen LogP contribution in [0.2, 0.25) is 0 Å². The number of hydrogen-bond acceptors (Lipinski definition) is 15. The van der Waals surface area contributed by atoms with E-state index < -0.39 is 102 Å². The van der Waals surface area contributed by atoms with Crippen molar-refractivity contribution in [3.8, 4) is 0 Å². The molecule has 0 radical (unpaired) electrons. The molecule has 57 heavy (non-hydrogen) atoms. The van der Waals surface area contributed by atoms with Crippen molar-refractivity contribution in [3.63, 3.8) is 0 Å². The Bertz CT molecular complexity index is 1690. The van der Waals surface area contributed by atoms with Gasteiger partial charge >= 0.3 is 16.4 Å². The van der Waals surface area contributed by atoms with Crippen LogP contribution in [0.5, 0.6) is 0 Å². The third kappa shape index (κ3) is 7.17. The molecule has 17 heteroatoms. The van der Waals surface area contributed by atoms with E-state index in [0.717, 1.165) is 56.6 Å². The van der Waals surface area contributed by atoms with Gasteiger partial charge in [-0.1, -0.05) is 44.6 Å². The summed E-state index contributed by atoms with van der Waals surface area (Å²) in [5.41, 5.74) is 1.63. The summed E-state index contributed by atoms with van der Waals surface area (Å²) < 4.78 is 82.2. The van der Waals surface area contributed by atoms with Crippen LogP contribution in [0, 0.1) is 40.4 Å². The zero-order valence-corrected chi connectivity index (χ0v) is 34.1. The maximum absolute atomic E-state index is 12.5. The van der Waals surface area contributed by atoms with Gasteiger partial charge in [-0.15, -0.1) is 0 Å². The number of fused-ring (bicyclic) bond motifs is 7. The number of hydrogen-bond donors (Lipinski definition) is 5. The molecule has 5 N–H and O–H groups in total. The molecule has 0 aromatic heterocycles. The third-order valence-electron chi connectivity index (χ3n) is 15.5. The summed E-state index contributed by atoms with van der Waals surface area (Å²) in [5.74, 6) is -0.0194. The first kappa shape index (κ1) is 42.1. The number of carbonyl (C=O) groups excluding carboxylic acids is 1. The molecule has 322 valence electrons. The van der Waals surface area contributed by atoms with Gasteiger partial charge in [-0.25, -0.2) is 4.18 Å². The third-order valence-corrected chi connectivity index (χ3v) is 16.0. The molecule has 8 rings (SSSR count). The molecule has 8 aliphatic rings. The molecule has 0 aromatic rings. The molecule has 0 unspecified atom stereocenters. The first-order chi connectivity index (χ1) is 26.8. The summed E-state index contributed by atoms with van der Waals surface area (Å²) in [6.45, 7) is 13.6. The molecule has 3 saturated carbocycles. The normalized spacial score (nSPS) is 52.4. The number of carbonyl (C=O) groups is 1. The minimum Gasteiger partial charge on any atom is -0.457 e. The molecule has 4 aliphatic carbocycles. The van der Waals surface area contributed by atoms with Crippen molar-refractivity contribution in [1.29, 1.82) is 0 Å². The van der Waals surface area contributed by atoms with Gasteiger partial charge in [0, 0.05) is 31.1 Å². The summed E-state index contributed by atoms with van der Waals surface area (Å²) in [5, 5.41) is 43.1. The largest absolute Gasteiger partial charge is 0.457 e. The average molecular weight is 829 g/mol. The second-order valence-electron chi connectivity index (χ2n) is 18.6. The van der Waals surface area contributed by atoms with Crippen LogP contribution in [0.3, 0.4) is 0 Å². The van der Waals surface area contributed by atoms with Gasteiger partial charge in [-0.3, -0.25) is 9.35 Å². The first-order valence-electron chi connectivity index (χ1n) is 20.6. The fourth-order valence-corrected chi connectivity index (χ4v) is 13.2. The molecule has 4 saturated heterocycles. The van der Waals surface area contributed by atoms with Gasteiger partial charge in [0.1, 0.15) is 24.4 Å². The van der Waals surface area contributed by atoms with Crippen molar-refractivity contribution in [1.82, 2.24) is 0 Å². The molecule has 4 heterocycles. The van der Waals surface area contributed by atoms with E-state index in [2.05, 4.69) is 33.4 Å². The smallest absolute Gasteiger partial charge is 0.397 e. The lowest BCUT2D eigenvalue weighted by atomic mass is 9.46. The predicted octanol–water partition coefficient (Wildman–Crippen LogP) is 2.32. The lowest BCUT2D eigenvalue weighted by molar-refractivity contribution is -0.361. The lowest BCUT2D eigenvalue weighted by Crippen LogP contribution is -2.64. The quantitative estimate of drug-likeness (QED) is 0.141. The van der Waals surface area contributed by atoms with E-state index in [1.165, 1.54) is 6.92 Å². The lowest BCUT2D eigenvalue weighted by Gasteiger charge is -2.60. The second kappa shape index (κ2) is 15.1. The Labute approximate surface area is 334 Å².